The first-order valence-electron chi connectivity index (χ1n) is 7.99. The fourth-order valence-electron chi connectivity index (χ4n) is 3.11. The molecule has 0 saturated carbocycles. The van der Waals surface area contributed by atoms with E-state index in [0.717, 1.165) is 12.0 Å². The number of hydrogen-bond donors (Lipinski definition) is 2. The van der Waals surface area contributed by atoms with Crippen LogP contribution in [0.3, 0.4) is 0 Å². The van der Waals surface area contributed by atoms with Crippen LogP contribution in [0.25, 0.3) is 0 Å². The molecule has 1 aliphatic heterocycles. The summed E-state index contributed by atoms with van der Waals surface area (Å²) in [6, 6.07) is 9.59. The van der Waals surface area contributed by atoms with Crippen LogP contribution < -0.4 is 5.32 Å². The molecule has 0 aromatic heterocycles. The Morgan fingerprint density at radius 1 is 1.32 bits per heavy atom. The highest BCUT2D eigenvalue weighted by molar-refractivity contribution is 5.85. The summed E-state index contributed by atoms with van der Waals surface area (Å²) in [7, 11) is 0. The minimum absolute atomic E-state index is 0.0289. The van der Waals surface area contributed by atoms with Gasteiger partial charge in [-0.05, 0) is 24.3 Å². The van der Waals surface area contributed by atoms with Gasteiger partial charge in [0.25, 0.3) is 0 Å². The lowest BCUT2D eigenvalue weighted by Gasteiger charge is -2.15. The first kappa shape index (κ1) is 16.7. The van der Waals surface area contributed by atoms with Gasteiger partial charge >= 0.3 is 0 Å². The Morgan fingerprint density at radius 2 is 2.00 bits per heavy atom. The van der Waals surface area contributed by atoms with Gasteiger partial charge in [-0.3, -0.25) is 9.59 Å². The van der Waals surface area contributed by atoms with Crippen molar-refractivity contribution in [2.24, 2.45) is 11.8 Å². The van der Waals surface area contributed by atoms with Crippen molar-refractivity contribution >= 4 is 11.7 Å². The normalized spacial score (nSPS) is 22.6. The van der Waals surface area contributed by atoms with Gasteiger partial charge in [-0.1, -0.05) is 44.2 Å². The number of ketones is 1. The topological polar surface area (TPSA) is 66.4 Å². The summed E-state index contributed by atoms with van der Waals surface area (Å²) in [4.78, 5) is 24.0. The van der Waals surface area contributed by atoms with Crippen molar-refractivity contribution in [3.8, 4) is 0 Å². The molecule has 3 atom stereocenters. The molecule has 1 saturated heterocycles. The lowest BCUT2D eigenvalue weighted by molar-refractivity contribution is -0.127. The highest BCUT2D eigenvalue weighted by Crippen LogP contribution is 2.25. The van der Waals surface area contributed by atoms with Gasteiger partial charge < -0.3 is 10.4 Å². The van der Waals surface area contributed by atoms with Crippen LogP contribution in [0.1, 0.15) is 38.7 Å². The lowest BCUT2D eigenvalue weighted by atomic mass is 9.91. The quantitative estimate of drug-likeness (QED) is 0.810. The molecule has 1 unspecified atom stereocenters. The summed E-state index contributed by atoms with van der Waals surface area (Å²) >= 11 is 0. The van der Waals surface area contributed by atoms with E-state index in [1.165, 1.54) is 0 Å². The third-order valence-corrected chi connectivity index (χ3v) is 4.12. The highest BCUT2D eigenvalue weighted by Gasteiger charge is 2.37. The van der Waals surface area contributed by atoms with Gasteiger partial charge in [-0.15, -0.1) is 0 Å². The molecule has 1 amide bonds. The van der Waals surface area contributed by atoms with Crippen LogP contribution in [0.2, 0.25) is 0 Å². The SMILES string of the molecule is CC(C)CC1C[C@H]([C@@H](O)CC(=O)Cc2ccccc2)C(=O)N1. The Morgan fingerprint density at radius 3 is 2.64 bits per heavy atom. The van der Waals surface area contributed by atoms with Crippen molar-refractivity contribution in [2.75, 3.05) is 0 Å². The van der Waals surface area contributed by atoms with E-state index in [-0.39, 0.29) is 24.2 Å². The molecule has 120 valence electrons. The van der Waals surface area contributed by atoms with Crippen LogP contribution in [0.4, 0.5) is 0 Å². The lowest BCUT2D eigenvalue weighted by Crippen LogP contribution is -2.31. The van der Waals surface area contributed by atoms with Crippen molar-refractivity contribution in [1.29, 1.82) is 0 Å². The van der Waals surface area contributed by atoms with E-state index in [2.05, 4.69) is 19.2 Å². The molecule has 1 aromatic rings. The van der Waals surface area contributed by atoms with Gasteiger partial charge in [0, 0.05) is 18.9 Å². The number of carbonyl (C=O) groups excluding carboxylic acids is 2. The predicted molar refractivity (Wildman–Crippen MR) is 85.3 cm³/mol. The second-order valence-electron chi connectivity index (χ2n) is 6.65. The standard InChI is InChI=1S/C18H25NO3/c1-12(2)8-14-10-16(18(22)19-14)17(21)11-15(20)9-13-6-4-3-5-7-13/h3-7,12,14,16-17,21H,8-11H2,1-2H3,(H,19,22)/t14?,16-,17+/m1/s1. The number of benzene rings is 1. The molecule has 1 heterocycles. The molecule has 0 bridgehead atoms. The van der Waals surface area contributed by atoms with E-state index >= 15 is 0 Å². The number of rotatable bonds is 7. The number of aliphatic hydroxyl groups excluding tert-OH is 1. The molecule has 2 rings (SSSR count). The number of amides is 1. The van der Waals surface area contributed by atoms with E-state index in [1.54, 1.807) is 0 Å². The third-order valence-electron chi connectivity index (χ3n) is 4.12. The molecule has 1 fully saturated rings. The van der Waals surface area contributed by atoms with Crippen LogP contribution in [0.15, 0.2) is 30.3 Å². The Kier molecular flexibility index (Phi) is 5.72. The molecular formula is C18H25NO3. The average molecular weight is 303 g/mol. The predicted octanol–water partition coefficient (Wildman–Crippen LogP) is 2.10. The van der Waals surface area contributed by atoms with E-state index in [9.17, 15) is 14.7 Å². The summed E-state index contributed by atoms with van der Waals surface area (Å²) in [6.07, 6.45) is 1.00. The van der Waals surface area contributed by atoms with Crippen molar-refractivity contribution in [2.45, 2.75) is 51.7 Å². The summed E-state index contributed by atoms with van der Waals surface area (Å²) in [5.74, 6) is -0.103. The third kappa shape index (κ3) is 4.67. The molecular weight excluding hydrogens is 278 g/mol. The molecule has 4 heteroatoms. The number of carbonyl (C=O) groups is 2. The summed E-state index contributed by atoms with van der Waals surface area (Å²) in [5.41, 5.74) is 0.938. The minimum Gasteiger partial charge on any atom is -0.392 e. The fraction of sp³-hybridized carbons (Fsp3) is 0.556. The van der Waals surface area contributed by atoms with Crippen LogP contribution in [-0.2, 0) is 16.0 Å². The largest absolute Gasteiger partial charge is 0.392 e. The second-order valence-corrected chi connectivity index (χ2v) is 6.65. The first-order chi connectivity index (χ1) is 10.5. The number of aliphatic hydroxyl groups is 1. The molecule has 1 aromatic carbocycles. The van der Waals surface area contributed by atoms with Gasteiger partial charge in [0.1, 0.15) is 5.78 Å². The number of nitrogens with one attached hydrogen (secondary N) is 1. The van der Waals surface area contributed by atoms with Gasteiger partial charge in [0.2, 0.25) is 5.91 Å². The molecule has 0 spiro atoms. The highest BCUT2D eigenvalue weighted by atomic mass is 16.3. The Hall–Kier alpha value is -1.68. The maximum Gasteiger partial charge on any atom is 0.226 e. The molecule has 4 nitrogen and oxygen atoms in total. The van der Waals surface area contributed by atoms with Crippen LogP contribution in [0.5, 0.6) is 0 Å². The Labute approximate surface area is 131 Å². The zero-order chi connectivity index (χ0) is 16.1. The smallest absolute Gasteiger partial charge is 0.226 e. The van der Waals surface area contributed by atoms with E-state index in [1.807, 2.05) is 30.3 Å². The number of hydrogen-bond acceptors (Lipinski definition) is 3. The van der Waals surface area contributed by atoms with Crippen LogP contribution in [0, 0.1) is 11.8 Å². The average Bonchev–Trinajstić information content (AvgIpc) is 2.79. The molecule has 1 aliphatic rings. The van der Waals surface area contributed by atoms with Crippen molar-refractivity contribution in [3.05, 3.63) is 35.9 Å². The maximum atomic E-state index is 12.1. The minimum atomic E-state index is -0.881. The van der Waals surface area contributed by atoms with Gasteiger partial charge in [0.15, 0.2) is 0 Å². The molecule has 0 radical (unpaired) electrons. The van der Waals surface area contributed by atoms with Gasteiger partial charge in [0.05, 0.1) is 12.0 Å². The fourth-order valence-corrected chi connectivity index (χ4v) is 3.11. The number of Topliss-reactive ketones (excluding diaryl/α,β-unsaturated/α-hetero) is 1. The van der Waals surface area contributed by atoms with Crippen molar-refractivity contribution < 1.29 is 14.7 Å². The van der Waals surface area contributed by atoms with Crippen molar-refractivity contribution in [1.82, 2.24) is 5.32 Å². The zero-order valence-corrected chi connectivity index (χ0v) is 13.3. The van der Waals surface area contributed by atoms with Crippen LogP contribution >= 0.6 is 0 Å². The van der Waals surface area contributed by atoms with Crippen LogP contribution in [-0.4, -0.2) is 28.9 Å². The molecule has 22 heavy (non-hydrogen) atoms. The second kappa shape index (κ2) is 7.54. The summed E-state index contributed by atoms with van der Waals surface area (Å²) in [5, 5.41) is 13.2. The van der Waals surface area contributed by atoms with E-state index < -0.39 is 12.0 Å². The summed E-state index contributed by atoms with van der Waals surface area (Å²) < 4.78 is 0. The van der Waals surface area contributed by atoms with Gasteiger partial charge in [-0.25, -0.2) is 0 Å². The van der Waals surface area contributed by atoms with Crippen molar-refractivity contribution in [3.63, 3.8) is 0 Å². The molecule has 0 aliphatic carbocycles. The van der Waals surface area contributed by atoms with E-state index in [0.29, 0.717) is 18.8 Å². The zero-order valence-electron chi connectivity index (χ0n) is 13.3. The monoisotopic (exact) mass is 303 g/mol. The van der Waals surface area contributed by atoms with E-state index in [4.69, 9.17) is 0 Å². The van der Waals surface area contributed by atoms with Gasteiger partial charge in [-0.2, -0.15) is 0 Å². The maximum absolute atomic E-state index is 12.1. The Balaban J connectivity index is 1.85. The Bertz CT molecular complexity index is 512. The first-order valence-corrected chi connectivity index (χ1v) is 7.99. The molecule has 2 N–H and O–H groups in total. The summed E-state index contributed by atoms with van der Waals surface area (Å²) in [6.45, 7) is 4.22.